The summed E-state index contributed by atoms with van der Waals surface area (Å²) in [7, 11) is 0. The highest BCUT2D eigenvalue weighted by molar-refractivity contribution is 5.91. The fourth-order valence-electron chi connectivity index (χ4n) is 1.51. The van der Waals surface area contributed by atoms with Gasteiger partial charge in [0.1, 0.15) is 5.75 Å². The lowest BCUT2D eigenvalue weighted by Gasteiger charge is -2.02. The molecule has 0 bridgehead atoms. The van der Waals surface area contributed by atoms with Crippen LogP contribution in [0.5, 0.6) is 5.75 Å². The zero-order valence-corrected chi connectivity index (χ0v) is 10.3. The average Bonchev–Trinajstić information content (AvgIpc) is 2.45. The zero-order valence-electron chi connectivity index (χ0n) is 10.3. The summed E-state index contributed by atoms with van der Waals surface area (Å²) in [6, 6.07) is 10.4. The third kappa shape index (κ3) is 4.27. The minimum absolute atomic E-state index is 0.170. The first-order chi connectivity index (χ1) is 9.24. The number of nitrogens with zero attached hydrogens (tertiary/aromatic N) is 1. The van der Waals surface area contributed by atoms with Gasteiger partial charge in [0.2, 0.25) is 5.91 Å². The van der Waals surface area contributed by atoms with Crippen LogP contribution < -0.4 is 5.32 Å². The second kappa shape index (κ2) is 6.35. The largest absolute Gasteiger partial charge is 0.508 e. The van der Waals surface area contributed by atoms with Crippen LogP contribution in [0.1, 0.15) is 11.1 Å². The molecule has 0 fully saturated rings. The van der Waals surface area contributed by atoms with Crippen LogP contribution in [0.2, 0.25) is 0 Å². The Balaban J connectivity index is 1.85. The molecule has 0 unspecified atom stereocenters. The average molecular weight is 254 g/mol. The van der Waals surface area contributed by atoms with Gasteiger partial charge in [-0.05, 0) is 35.4 Å². The Morgan fingerprint density at radius 3 is 2.74 bits per heavy atom. The number of phenolic OH excluding ortho intramolecular Hbond substituents is 1. The first-order valence-corrected chi connectivity index (χ1v) is 5.88. The van der Waals surface area contributed by atoms with Crippen molar-refractivity contribution in [2.24, 2.45) is 0 Å². The summed E-state index contributed by atoms with van der Waals surface area (Å²) in [4.78, 5) is 15.5. The number of nitrogens with one attached hydrogen (secondary N) is 1. The Morgan fingerprint density at radius 1 is 1.26 bits per heavy atom. The number of rotatable bonds is 4. The number of pyridine rings is 1. The molecular weight excluding hydrogens is 240 g/mol. The molecule has 2 N–H and O–H groups in total. The second-order valence-electron chi connectivity index (χ2n) is 4.00. The van der Waals surface area contributed by atoms with Gasteiger partial charge in [0.25, 0.3) is 0 Å². The Kier molecular flexibility index (Phi) is 4.29. The molecule has 0 saturated carbocycles. The van der Waals surface area contributed by atoms with Crippen LogP contribution in [0, 0.1) is 0 Å². The van der Waals surface area contributed by atoms with Gasteiger partial charge in [-0.15, -0.1) is 0 Å². The molecule has 2 aromatic rings. The Morgan fingerprint density at radius 2 is 2.05 bits per heavy atom. The van der Waals surface area contributed by atoms with Crippen LogP contribution in [0.15, 0.2) is 54.9 Å². The topological polar surface area (TPSA) is 62.2 Å². The standard InChI is InChI=1S/C15H14N2O2/c18-14-6-3-13(4-7-14)11-17-15(19)8-5-12-2-1-9-16-10-12/h1-10,18H,11H2,(H,17,19)/b8-5+. The van der Waals surface area contributed by atoms with Gasteiger partial charge in [0.15, 0.2) is 0 Å². The van der Waals surface area contributed by atoms with E-state index < -0.39 is 0 Å². The molecule has 0 radical (unpaired) electrons. The first-order valence-electron chi connectivity index (χ1n) is 5.88. The summed E-state index contributed by atoms with van der Waals surface area (Å²) in [6.07, 6.45) is 6.54. The normalized spacial score (nSPS) is 10.5. The molecule has 1 amide bonds. The number of aromatic nitrogens is 1. The number of hydrogen-bond acceptors (Lipinski definition) is 3. The van der Waals surface area contributed by atoms with Gasteiger partial charge in [-0.1, -0.05) is 18.2 Å². The molecule has 19 heavy (non-hydrogen) atoms. The second-order valence-corrected chi connectivity index (χ2v) is 4.00. The van der Waals surface area contributed by atoms with E-state index in [1.165, 1.54) is 6.08 Å². The third-order valence-corrected chi connectivity index (χ3v) is 2.51. The van der Waals surface area contributed by atoms with Crippen molar-refractivity contribution in [1.82, 2.24) is 10.3 Å². The van der Waals surface area contributed by atoms with E-state index in [0.29, 0.717) is 6.54 Å². The SMILES string of the molecule is O=C(/C=C/c1cccnc1)NCc1ccc(O)cc1. The molecule has 4 heteroatoms. The zero-order chi connectivity index (χ0) is 13.5. The highest BCUT2D eigenvalue weighted by Gasteiger charge is 1.97. The maximum absolute atomic E-state index is 11.6. The van der Waals surface area contributed by atoms with E-state index in [9.17, 15) is 4.79 Å². The van der Waals surface area contributed by atoms with Crippen molar-refractivity contribution in [2.45, 2.75) is 6.54 Å². The van der Waals surface area contributed by atoms with Crippen molar-refractivity contribution >= 4 is 12.0 Å². The highest BCUT2D eigenvalue weighted by Crippen LogP contribution is 2.09. The van der Waals surface area contributed by atoms with E-state index in [0.717, 1.165) is 11.1 Å². The van der Waals surface area contributed by atoms with Crippen molar-refractivity contribution in [3.8, 4) is 5.75 Å². The van der Waals surface area contributed by atoms with Gasteiger partial charge >= 0.3 is 0 Å². The quantitative estimate of drug-likeness (QED) is 0.821. The molecule has 0 saturated heterocycles. The molecule has 0 spiro atoms. The Labute approximate surface area is 111 Å². The lowest BCUT2D eigenvalue weighted by atomic mass is 10.2. The number of phenols is 1. The molecule has 2 rings (SSSR count). The van der Waals surface area contributed by atoms with Crippen molar-refractivity contribution in [3.63, 3.8) is 0 Å². The van der Waals surface area contributed by atoms with Crippen molar-refractivity contribution in [2.75, 3.05) is 0 Å². The smallest absolute Gasteiger partial charge is 0.244 e. The van der Waals surface area contributed by atoms with Crippen LogP contribution >= 0.6 is 0 Å². The molecular formula is C15H14N2O2. The Bertz CT molecular complexity index is 562. The summed E-state index contributed by atoms with van der Waals surface area (Å²) < 4.78 is 0. The van der Waals surface area contributed by atoms with Crippen LogP contribution in [-0.4, -0.2) is 16.0 Å². The van der Waals surface area contributed by atoms with Crippen LogP contribution in [0.4, 0.5) is 0 Å². The summed E-state index contributed by atoms with van der Waals surface area (Å²) in [6.45, 7) is 0.427. The highest BCUT2D eigenvalue weighted by atomic mass is 16.3. The van der Waals surface area contributed by atoms with Gasteiger partial charge in [-0.3, -0.25) is 9.78 Å². The molecule has 1 heterocycles. The maximum atomic E-state index is 11.6. The maximum Gasteiger partial charge on any atom is 0.244 e. The van der Waals surface area contributed by atoms with E-state index in [4.69, 9.17) is 5.11 Å². The van der Waals surface area contributed by atoms with Crippen molar-refractivity contribution in [3.05, 3.63) is 66.0 Å². The Hall–Kier alpha value is -2.62. The minimum Gasteiger partial charge on any atom is -0.508 e. The van der Waals surface area contributed by atoms with E-state index in [1.807, 2.05) is 12.1 Å². The first kappa shape index (κ1) is 12.8. The number of carbonyl (C=O) groups is 1. The lowest BCUT2D eigenvalue weighted by Crippen LogP contribution is -2.20. The van der Waals surface area contributed by atoms with Gasteiger partial charge in [-0.25, -0.2) is 0 Å². The number of aromatic hydroxyl groups is 1. The van der Waals surface area contributed by atoms with Crippen LogP contribution in [-0.2, 0) is 11.3 Å². The van der Waals surface area contributed by atoms with E-state index in [1.54, 1.807) is 42.7 Å². The molecule has 0 atom stereocenters. The monoisotopic (exact) mass is 254 g/mol. The summed E-state index contributed by atoms with van der Waals surface area (Å²) in [5.74, 6) is 0.0449. The van der Waals surface area contributed by atoms with Crippen LogP contribution in [0.3, 0.4) is 0 Å². The fraction of sp³-hybridized carbons (Fsp3) is 0.0667. The predicted octanol–water partition coefficient (Wildman–Crippen LogP) is 2.12. The van der Waals surface area contributed by atoms with E-state index in [-0.39, 0.29) is 11.7 Å². The van der Waals surface area contributed by atoms with Gasteiger partial charge < -0.3 is 10.4 Å². The summed E-state index contributed by atoms with van der Waals surface area (Å²) in [5.41, 5.74) is 1.81. The molecule has 96 valence electrons. The lowest BCUT2D eigenvalue weighted by molar-refractivity contribution is -0.116. The van der Waals surface area contributed by atoms with Crippen molar-refractivity contribution < 1.29 is 9.90 Å². The third-order valence-electron chi connectivity index (χ3n) is 2.51. The predicted molar refractivity (Wildman–Crippen MR) is 73.2 cm³/mol. The number of amides is 1. The van der Waals surface area contributed by atoms with Gasteiger partial charge in [0, 0.05) is 25.0 Å². The molecule has 4 nitrogen and oxygen atoms in total. The van der Waals surface area contributed by atoms with Gasteiger partial charge in [0.05, 0.1) is 0 Å². The molecule has 1 aromatic carbocycles. The number of benzene rings is 1. The number of carbonyl (C=O) groups excluding carboxylic acids is 1. The van der Waals surface area contributed by atoms with E-state index in [2.05, 4.69) is 10.3 Å². The summed E-state index contributed by atoms with van der Waals surface area (Å²) >= 11 is 0. The number of hydrogen-bond donors (Lipinski definition) is 2. The van der Waals surface area contributed by atoms with Crippen molar-refractivity contribution in [1.29, 1.82) is 0 Å². The molecule has 0 aliphatic carbocycles. The van der Waals surface area contributed by atoms with Gasteiger partial charge in [-0.2, -0.15) is 0 Å². The minimum atomic E-state index is -0.170. The van der Waals surface area contributed by atoms with Crippen LogP contribution in [0.25, 0.3) is 6.08 Å². The summed E-state index contributed by atoms with van der Waals surface area (Å²) in [5, 5.41) is 11.9. The molecule has 0 aliphatic heterocycles. The molecule has 0 aliphatic rings. The fourth-order valence-corrected chi connectivity index (χ4v) is 1.51. The van der Waals surface area contributed by atoms with E-state index >= 15 is 0 Å². The molecule has 1 aromatic heterocycles.